The van der Waals surface area contributed by atoms with Gasteiger partial charge < -0.3 is 14.5 Å². The van der Waals surface area contributed by atoms with Crippen LogP contribution in [0.2, 0.25) is 0 Å². The molecule has 1 amide bonds. The van der Waals surface area contributed by atoms with Gasteiger partial charge in [0.15, 0.2) is 6.10 Å². The number of esters is 1. The molecule has 0 unspecified atom stereocenters. The highest BCUT2D eigenvalue weighted by Crippen LogP contribution is 2.14. The summed E-state index contributed by atoms with van der Waals surface area (Å²) < 4.78 is 10.3. The first kappa shape index (κ1) is 18.4. The third-order valence-corrected chi connectivity index (χ3v) is 3.76. The Kier molecular flexibility index (Phi) is 6.11. The van der Waals surface area contributed by atoms with E-state index >= 15 is 0 Å². The Hall–Kier alpha value is -2.89. The molecule has 25 heavy (non-hydrogen) atoms. The van der Waals surface area contributed by atoms with Gasteiger partial charge in [-0.05, 0) is 31.9 Å². The second-order valence-electron chi connectivity index (χ2n) is 5.73. The first-order valence-corrected chi connectivity index (χ1v) is 8.01. The number of carbonyl (C=O) groups excluding carboxylic acids is 3. The van der Waals surface area contributed by atoms with E-state index in [1.807, 2.05) is 12.1 Å². The van der Waals surface area contributed by atoms with Gasteiger partial charge in [0.05, 0.1) is 6.26 Å². The topological polar surface area (TPSA) is 85.6 Å². The average molecular weight is 343 g/mol. The van der Waals surface area contributed by atoms with Crippen LogP contribution in [0.1, 0.15) is 45.9 Å². The molecular formula is C19H21NO5. The molecule has 6 heteroatoms. The van der Waals surface area contributed by atoms with Crippen LogP contribution in [-0.4, -0.2) is 30.3 Å². The van der Waals surface area contributed by atoms with E-state index in [2.05, 4.69) is 5.32 Å². The summed E-state index contributed by atoms with van der Waals surface area (Å²) in [5.74, 6) is -0.481. The van der Waals surface area contributed by atoms with E-state index in [4.69, 9.17) is 9.15 Å². The number of amides is 1. The summed E-state index contributed by atoms with van der Waals surface area (Å²) in [7, 11) is 0. The lowest BCUT2D eigenvalue weighted by Gasteiger charge is -2.12. The molecule has 0 bridgehead atoms. The molecule has 0 saturated heterocycles. The number of carbonyl (C=O) groups is 3. The molecule has 0 aliphatic rings. The number of Topliss-reactive ketones (excluding diaryl/α,β-unsaturated/α-hetero) is 1. The molecule has 1 N–H and O–H groups in total. The minimum Gasteiger partial charge on any atom is -0.469 e. The maximum atomic E-state index is 12.4. The monoisotopic (exact) mass is 343 g/mol. The Morgan fingerprint density at radius 3 is 2.40 bits per heavy atom. The van der Waals surface area contributed by atoms with Crippen molar-refractivity contribution in [3.8, 4) is 0 Å². The molecule has 1 atom stereocenters. The van der Waals surface area contributed by atoms with Gasteiger partial charge in [0, 0.05) is 19.0 Å². The molecule has 0 spiro atoms. The summed E-state index contributed by atoms with van der Waals surface area (Å²) in [4.78, 5) is 35.3. The van der Waals surface area contributed by atoms with Crippen molar-refractivity contribution in [1.82, 2.24) is 5.32 Å². The highest BCUT2D eigenvalue weighted by Gasteiger charge is 2.22. The maximum Gasteiger partial charge on any atom is 0.342 e. The smallest absolute Gasteiger partial charge is 0.342 e. The van der Waals surface area contributed by atoms with Crippen LogP contribution in [0, 0.1) is 6.92 Å². The molecule has 0 aliphatic carbocycles. The van der Waals surface area contributed by atoms with Gasteiger partial charge in [-0.25, -0.2) is 4.79 Å². The Morgan fingerprint density at radius 1 is 1.16 bits per heavy atom. The van der Waals surface area contributed by atoms with E-state index in [-0.39, 0.29) is 11.7 Å². The SMILES string of the molecule is CC(=O)NCCc1ccc(C(=O)[C@@H](C)OC(=O)c2ccoc2C)cc1. The van der Waals surface area contributed by atoms with Crippen molar-refractivity contribution >= 4 is 17.7 Å². The summed E-state index contributed by atoms with van der Waals surface area (Å²) in [6.45, 7) is 5.21. The number of furan rings is 1. The van der Waals surface area contributed by atoms with Gasteiger partial charge in [0.1, 0.15) is 11.3 Å². The fourth-order valence-electron chi connectivity index (χ4n) is 2.33. The first-order chi connectivity index (χ1) is 11.9. The van der Waals surface area contributed by atoms with E-state index in [1.165, 1.54) is 19.3 Å². The van der Waals surface area contributed by atoms with Crippen LogP contribution < -0.4 is 5.32 Å². The summed E-state index contributed by atoms with van der Waals surface area (Å²) in [6, 6.07) is 8.55. The highest BCUT2D eigenvalue weighted by atomic mass is 16.5. The van der Waals surface area contributed by atoms with Crippen LogP contribution in [0.4, 0.5) is 0 Å². The number of hydrogen-bond donors (Lipinski definition) is 1. The van der Waals surface area contributed by atoms with Crippen LogP contribution >= 0.6 is 0 Å². The fraction of sp³-hybridized carbons (Fsp3) is 0.316. The van der Waals surface area contributed by atoms with Crippen LogP contribution in [0.5, 0.6) is 0 Å². The van der Waals surface area contributed by atoms with Crippen molar-refractivity contribution in [1.29, 1.82) is 0 Å². The predicted octanol–water partition coefficient (Wildman–Crippen LogP) is 2.69. The predicted molar refractivity (Wildman–Crippen MR) is 91.5 cm³/mol. The third kappa shape index (κ3) is 5.04. The molecular weight excluding hydrogens is 322 g/mol. The van der Waals surface area contributed by atoms with Crippen molar-refractivity contribution in [3.05, 3.63) is 59.0 Å². The van der Waals surface area contributed by atoms with E-state index in [1.54, 1.807) is 26.0 Å². The molecule has 2 rings (SSSR count). The number of benzene rings is 1. The van der Waals surface area contributed by atoms with Crippen LogP contribution in [0.3, 0.4) is 0 Å². The van der Waals surface area contributed by atoms with Crippen molar-refractivity contribution in [2.45, 2.75) is 33.3 Å². The molecule has 0 radical (unpaired) electrons. The van der Waals surface area contributed by atoms with Crippen LogP contribution in [0.15, 0.2) is 41.0 Å². The normalized spacial score (nSPS) is 11.6. The zero-order valence-electron chi connectivity index (χ0n) is 14.5. The van der Waals surface area contributed by atoms with Crippen LogP contribution in [-0.2, 0) is 16.0 Å². The number of rotatable bonds is 7. The second-order valence-corrected chi connectivity index (χ2v) is 5.73. The summed E-state index contributed by atoms with van der Waals surface area (Å²) >= 11 is 0. The average Bonchev–Trinajstić information content (AvgIpc) is 3.00. The molecule has 0 saturated carbocycles. The Labute approximate surface area is 146 Å². The number of hydrogen-bond acceptors (Lipinski definition) is 5. The van der Waals surface area contributed by atoms with Gasteiger partial charge >= 0.3 is 5.97 Å². The quantitative estimate of drug-likeness (QED) is 0.617. The van der Waals surface area contributed by atoms with Gasteiger partial charge in [-0.3, -0.25) is 9.59 Å². The van der Waals surface area contributed by atoms with Crippen molar-refractivity contribution in [3.63, 3.8) is 0 Å². The van der Waals surface area contributed by atoms with Gasteiger partial charge in [0.2, 0.25) is 11.7 Å². The lowest BCUT2D eigenvalue weighted by molar-refractivity contribution is -0.118. The summed E-state index contributed by atoms with van der Waals surface area (Å²) in [5.41, 5.74) is 1.78. The zero-order chi connectivity index (χ0) is 18.4. The van der Waals surface area contributed by atoms with Gasteiger partial charge in [-0.2, -0.15) is 0 Å². The highest BCUT2D eigenvalue weighted by molar-refractivity contribution is 6.01. The molecule has 0 aliphatic heterocycles. The molecule has 1 aromatic heterocycles. The summed E-state index contributed by atoms with van der Waals surface area (Å²) in [5, 5.41) is 2.72. The summed E-state index contributed by atoms with van der Waals surface area (Å²) in [6.07, 6.45) is 1.18. The number of ether oxygens (including phenoxy) is 1. The zero-order valence-corrected chi connectivity index (χ0v) is 14.5. The van der Waals surface area contributed by atoms with Crippen LogP contribution in [0.25, 0.3) is 0 Å². The van der Waals surface area contributed by atoms with E-state index < -0.39 is 12.1 Å². The Bertz CT molecular complexity index is 760. The molecule has 1 heterocycles. The molecule has 132 valence electrons. The Morgan fingerprint density at radius 2 is 1.84 bits per heavy atom. The molecule has 0 fully saturated rings. The molecule has 1 aromatic carbocycles. The number of aryl methyl sites for hydroxylation is 1. The van der Waals surface area contributed by atoms with E-state index in [9.17, 15) is 14.4 Å². The minimum absolute atomic E-state index is 0.0738. The fourth-order valence-corrected chi connectivity index (χ4v) is 2.33. The van der Waals surface area contributed by atoms with Gasteiger partial charge in [-0.15, -0.1) is 0 Å². The second kappa shape index (κ2) is 8.28. The van der Waals surface area contributed by atoms with Crippen molar-refractivity contribution in [2.75, 3.05) is 6.54 Å². The van der Waals surface area contributed by atoms with Crippen molar-refractivity contribution < 1.29 is 23.5 Å². The molecule has 2 aromatic rings. The molecule has 6 nitrogen and oxygen atoms in total. The van der Waals surface area contributed by atoms with E-state index in [0.717, 1.165) is 5.56 Å². The number of nitrogens with one attached hydrogen (secondary N) is 1. The lowest BCUT2D eigenvalue weighted by Crippen LogP contribution is -2.24. The minimum atomic E-state index is -0.896. The maximum absolute atomic E-state index is 12.4. The third-order valence-electron chi connectivity index (χ3n) is 3.76. The van der Waals surface area contributed by atoms with Gasteiger partial charge in [-0.1, -0.05) is 24.3 Å². The van der Waals surface area contributed by atoms with Gasteiger partial charge in [0.25, 0.3) is 0 Å². The van der Waals surface area contributed by atoms with Crippen molar-refractivity contribution in [2.24, 2.45) is 0 Å². The largest absolute Gasteiger partial charge is 0.469 e. The van der Waals surface area contributed by atoms with E-state index in [0.29, 0.717) is 29.9 Å². The standard InChI is InChI=1S/C19H21NO5/c1-12-17(9-11-24-12)19(23)25-13(2)18(22)16-6-4-15(5-7-16)8-10-20-14(3)21/h4-7,9,11,13H,8,10H2,1-3H3,(H,20,21)/t13-/m1/s1. The Balaban J connectivity index is 1.94. The number of ketones is 1. The first-order valence-electron chi connectivity index (χ1n) is 8.01. The lowest BCUT2D eigenvalue weighted by atomic mass is 10.0.